The largest absolute Gasteiger partial charge is 0.508 e. The van der Waals surface area contributed by atoms with Gasteiger partial charge in [0.25, 0.3) is 40.3 Å². The molecule has 0 heterocycles. The topological polar surface area (TPSA) is 283 Å². The quantitative estimate of drug-likeness (QED) is 0.0763. The zero-order valence-corrected chi connectivity index (χ0v) is 32.1. The Balaban J connectivity index is 1.14. The molecular weight excluding hydrogens is 813 g/mol. The van der Waals surface area contributed by atoms with E-state index in [1.54, 1.807) is 0 Å². The molecule has 0 aliphatic heterocycles. The molecule has 2 amide bonds. The van der Waals surface area contributed by atoms with Crippen LogP contribution < -0.4 is 20.1 Å². The Morgan fingerprint density at radius 3 is 1.21 bits per heavy atom. The highest BCUT2D eigenvalue weighted by atomic mass is 32.2. The van der Waals surface area contributed by atoms with Gasteiger partial charge in [-0.25, -0.2) is 21.6 Å². The lowest BCUT2D eigenvalue weighted by atomic mass is 10.1. The van der Waals surface area contributed by atoms with Gasteiger partial charge in [0.2, 0.25) is 0 Å². The van der Waals surface area contributed by atoms with Crippen molar-refractivity contribution in [3.63, 3.8) is 0 Å². The number of rotatable bonds is 10. The van der Waals surface area contributed by atoms with Crippen LogP contribution in [0.1, 0.15) is 11.1 Å². The molecule has 6 rings (SSSR count). The summed E-state index contributed by atoms with van der Waals surface area (Å²) in [6.45, 7) is 3.08. The zero-order valence-electron chi connectivity index (χ0n) is 28.8. The Hall–Kier alpha value is -5.97. The van der Waals surface area contributed by atoms with E-state index in [2.05, 4.69) is 20.1 Å². The molecule has 21 heteroatoms. The number of benzene rings is 6. The third-order valence-electron chi connectivity index (χ3n) is 8.38. The van der Waals surface area contributed by atoms with Crippen molar-refractivity contribution >= 4 is 90.6 Å². The number of fused-ring (bicyclic) bond motifs is 2. The minimum absolute atomic E-state index is 0.0397. The molecule has 0 atom stereocenters. The van der Waals surface area contributed by atoms with Gasteiger partial charge in [-0.1, -0.05) is 12.1 Å². The number of urea groups is 1. The smallest absolute Gasteiger partial charge is 0.323 e. The predicted octanol–water partition coefficient (Wildman–Crippen LogP) is 5.76. The Labute approximate surface area is 320 Å². The Kier molecular flexibility index (Phi) is 10.1. The average Bonchev–Trinajstić information content (AvgIpc) is 3.08. The molecule has 0 unspecified atom stereocenters. The van der Waals surface area contributed by atoms with Crippen LogP contribution in [0.5, 0.6) is 11.5 Å². The van der Waals surface area contributed by atoms with Crippen LogP contribution in [0.2, 0.25) is 0 Å². The summed E-state index contributed by atoms with van der Waals surface area (Å²) in [6, 6.07) is 18.8. The molecule has 0 aliphatic carbocycles. The van der Waals surface area contributed by atoms with Crippen molar-refractivity contribution in [2.75, 3.05) is 20.1 Å². The first kappa shape index (κ1) is 39.7. The van der Waals surface area contributed by atoms with Gasteiger partial charge in [0.05, 0.1) is 9.79 Å². The molecule has 0 saturated heterocycles. The summed E-state index contributed by atoms with van der Waals surface area (Å²) >= 11 is 0. The lowest BCUT2D eigenvalue weighted by molar-refractivity contribution is 0.262. The molecule has 0 fully saturated rings. The molecule has 56 heavy (non-hydrogen) atoms. The number of nitrogens with one attached hydrogen (secondary N) is 4. The molecule has 0 radical (unpaired) electrons. The van der Waals surface area contributed by atoms with E-state index in [1.165, 1.54) is 98.8 Å². The van der Waals surface area contributed by atoms with Crippen molar-refractivity contribution in [1.82, 2.24) is 0 Å². The second-order valence-electron chi connectivity index (χ2n) is 12.5. The number of sulfonamides is 2. The van der Waals surface area contributed by atoms with Gasteiger partial charge in [0, 0.05) is 45.7 Å². The first-order valence-corrected chi connectivity index (χ1v) is 21.7. The van der Waals surface area contributed by atoms with E-state index in [4.69, 9.17) is 0 Å². The number of hydrogen-bond donors (Lipinski definition) is 8. The molecule has 0 aliphatic rings. The van der Waals surface area contributed by atoms with Crippen molar-refractivity contribution in [3.05, 3.63) is 108 Å². The second kappa shape index (κ2) is 14.3. The monoisotopic (exact) mass is 842 g/mol. The van der Waals surface area contributed by atoms with Crippen molar-refractivity contribution < 1.29 is 57.8 Å². The van der Waals surface area contributed by atoms with E-state index in [-0.39, 0.29) is 54.1 Å². The summed E-state index contributed by atoms with van der Waals surface area (Å²) in [7, 11) is -18.0. The molecule has 6 aromatic carbocycles. The molecule has 0 spiro atoms. The maximum atomic E-state index is 13.2. The number of amides is 2. The molecule has 292 valence electrons. The van der Waals surface area contributed by atoms with Gasteiger partial charge in [0.1, 0.15) is 21.3 Å². The fraction of sp³-hybridized carbons (Fsp3) is 0.0571. The van der Waals surface area contributed by atoms with Crippen LogP contribution in [0.25, 0.3) is 21.5 Å². The zero-order chi connectivity index (χ0) is 41.0. The minimum atomic E-state index is -4.77. The van der Waals surface area contributed by atoms with Crippen LogP contribution in [0, 0.1) is 13.8 Å². The van der Waals surface area contributed by atoms with Crippen LogP contribution >= 0.6 is 0 Å². The maximum Gasteiger partial charge on any atom is 0.323 e. The van der Waals surface area contributed by atoms with Gasteiger partial charge in [-0.05, 0) is 109 Å². The third-order valence-corrected chi connectivity index (χ3v) is 12.9. The normalized spacial score (nSPS) is 12.4. The lowest BCUT2D eigenvalue weighted by Gasteiger charge is -2.15. The van der Waals surface area contributed by atoms with Gasteiger partial charge in [-0.3, -0.25) is 18.5 Å². The number of aryl methyl sites for hydroxylation is 2. The molecule has 8 N–H and O–H groups in total. The highest BCUT2D eigenvalue weighted by molar-refractivity contribution is 7.93. The van der Waals surface area contributed by atoms with E-state index in [0.29, 0.717) is 11.1 Å². The van der Waals surface area contributed by atoms with E-state index in [1.807, 2.05) is 0 Å². The van der Waals surface area contributed by atoms with Crippen LogP contribution in [0.3, 0.4) is 0 Å². The second-order valence-corrected chi connectivity index (χ2v) is 18.6. The fourth-order valence-electron chi connectivity index (χ4n) is 5.76. The molecule has 0 saturated carbocycles. The third kappa shape index (κ3) is 8.46. The Morgan fingerprint density at radius 1 is 0.500 bits per heavy atom. The van der Waals surface area contributed by atoms with E-state index >= 15 is 0 Å². The summed E-state index contributed by atoms with van der Waals surface area (Å²) in [5.74, 6) is -0.843. The van der Waals surface area contributed by atoms with Crippen molar-refractivity contribution in [2.24, 2.45) is 0 Å². The van der Waals surface area contributed by atoms with Gasteiger partial charge < -0.3 is 20.8 Å². The van der Waals surface area contributed by atoms with Gasteiger partial charge in [-0.15, -0.1) is 0 Å². The first-order valence-electron chi connectivity index (χ1n) is 15.8. The Morgan fingerprint density at radius 2 is 0.875 bits per heavy atom. The number of anilines is 4. The van der Waals surface area contributed by atoms with Crippen LogP contribution in [0.15, 0.2) is 117 Å². The maximum absolute atomic E-state index is 13.2. The van der Waals surface area contributed by atoms with Gasteiger partial charge in [-0.2, -0.15) is 16.8 Å². The lowest BCUT2D eigenvalue weighted by Crippen LogP contribution is -2.21. The molecule has 0 bridgehead atoms. The number of phenolic OH excluding ortho intramolecular Hbond substituents is 2. The summed E-state index contributed by atoms with van der Waals surface area (Å²) in [5, 5.41) is 25.2. The number of aromatic hydroxyl groups is 2. The van der Waals surface area contributed by atoms with Crippen LogP contribution in [0.4, 0.5) is 27.5 Å². The van der Waals surface area contributed by atoms with Crippen molar-refractivity contribution in [3.8, 4) is 11.5 Å². The highest BCUT2D eigenvalue weighted by Gasteiger charge is 2.22. The predicted molar refractivity (Wildman–Crippen MR) is 207 cm³/mol. The number of carbonyl (C=O) groups excluding carboxylic acids is 1. The summed E-state index contributed by atoms with van der Waals surface area (Å²) < 4.78 is 124. The number of hydrogen-bond acceptors (Lipinski definition) is 11. The summed E-state index contributed by atoms with van der Waals surface area (Å²) in [4.78, 5) is 11.3. The standard InChI is InChI=1S/C35H30N4O13S4/c1-19-11-27(53(43,44)38-23-5-3-21-13-25(40)17-33(29(21)15-23)55(47,48)49)7-9-31(19)36-35(42)37-32-10-8-28(12-20(32)2)54(45,46)39-24-6-4-22-14-26(41)18-34(30(22)16-24)56(50,51)52/h3-18,38-41H,1-2H3,(H2,36,37,42)(H,47,48,49)(H,50,51,52). The average molecular weight is 843 g/mol. The Bertz CT molecular complexity index is 2880. The molecular formula is C35H30N4O13S4. The molecule has 17 nitrogen and oxygen atoms in total. The summed E-state index contributed by atoms with van der Waals surface area (Å²) in [6.07, 6.45) is 0. The molecule has 0 aromatic heterocycles. The van der Waals surface area contributed by atoms with E-state index < -0.39 is 67.6 Å². The first-order chi connectivity index (χ1) is 26.0. The van der Waals surface area contributed by atoms with Crippen LogP contribution in [-0.4, -0.2) is 59.0 Å². The minimum Gasteiger partial charge on any atom is -0.508 e. The highest BCUT2D eigenvalue weighted by Crippen LogP contribution is 2.33. The van der Waals surface area contributed by atoms with Gasteiger partial charge >= 0.3 is 6.03 Å². The number of carbonyl (C=O) groups is 1. The van der Waals surface area contributed by atoms with E-state index in [9.17, 15) is 57.8 Å². The number of phenols is 2. The SMILES string of the molecule is Cc1cc(S(=O)(=O)Nc2ccc3cc(O)cc(S(=O)(=O)O)c3c2)ccc1NC(=O)Nc1ccc(S(=O)(=O)Nc2ccc3cc(O)cc(S(=O)(=O)O)c3c2)cc1C. The van der Waals surface area contributed by atoms with E-state index in [0.717, 1.165) is 12.1 Å². The van der Waals surface area contributed by atoms with Crippen molar-refractivity contribution in [2.45, 2.75) is 33.4 Å². The summed E-state index contributed by atoms with van der Waals surface area (Å²) in [5.41, 5.74) is 1.06. The van der Waals surface area contributed by atoms with Crippen LogP contribution in [-0.2, 0) is 40.3 Å². The molecule has 6 aromatic rings. The van der Waals surface area contributed by atoms with Gasteiger partial charge in [0.15, 0.2) is 0 Å². The fourth-order valence-corrected chi connectivity index (χ4v) is 9.48. The van der Waals surface area contributed by atoms with Crippen molar-refractivity contribution in [1.29, 1.82) is 0 Å².